The molecular weight excluding hydrogens is 196 g/mol. The first kappa shape index (κ1) is 14.0. The van der Waals surface area contributed by atoms with Crippen LogP contribution in [-0.4, -0.2) is 36.6 Å². The lowest BCUT2D eigenvalue weighted by atomic mass is 10.1. The fourth-order valence-electron chi connectivity index (χ4n) is 2.39. The second kappa shape index (κ2) is 8.08. The Kier molecular flexibility index (Phi) is 7.06. The highest BCUT2D eigenvalue weighted by Gasteiger charge is 2.29. The van der Waals surface area contributed by atoms with Gasteiger partial charge in [0.15, 0.2) is 0 Å². The third-order valence-corrected chi connectivity index (χ3v) is 3.35. The summed E-state index contributed by atoms with van der Waals surface area (Å²) >= 11 is 0. The van der Waals surface area contributed by atoms with Crippen LogP contribution in [0.15, 0.2) is 0 Å². The van der Waals surface area contributed by atoms with E-state index in [2.05, 4.69) is 31.0 Å². The highest BCUT2D eigenvalue weighted by molar-refractivity contribution is 4.86. The lowest BCUT2D eigenvalue weighted by Crippen LogP contribution is -2.42. The predicted octanol–water partition coefficient (Wildman–Crippen LogP) is 3.03. The molecule has 0 aromatic rings. The molecular formula is C14H30N2. The standard InChI is InChI=1S/C14H30N2/c1-4-7-13(15-10-5-2)12-16(11-6-3)14-8-9-14/h13-15H,4-12H2,1-3H3. The molecule has 1 N–H and O–H groups in total. The van der Waals surface area contributed by atoms with E-state index in [1.165, 1.54) is 58.2 Å². The van der Waals surface area contributed by atoms with Crippen molar-refractivity contribution in [3.05, 3.63) is 0 Å². The van der Waals surface area contributed by atoms with E-state index in [1.54, 1.807) is 0 Å². The molecule has 0 radical (unpaired) electrons. The molecule has 0 aromatic carbocycles. The minimum atomic E-state index is 0.720. The van der Waals surface area contributed by atoms with Crippen LogP contribution in [0.3, 0.4) is 0 Å². The van der Waals surface area contributed by atoms with Crippen LogP contribution < -0.4 is 5.32 Å². The summed E-state index contributed by atoms with van der Waals surface area (Å²) in [5, 5.41) is 3.70. The Balaban J connectivity index is 2.30. The van der Waals surface area contributed by atoms with E-state index in [1.807, 2.05) is 0 Å². The molecule has 16 heavy (non-hydrogen) atoms. The summed E-state index contributed by atoms with van der Waals surface area (Å²) < 4.78 is 0. The molecule has 1 unspecified atom stereocenters. The van der Waals surface area contributed by atoms with Crippen LogP contribution in [0.2, 0.25) is 0 Å². The fourth-order valence-corrected chi connectivity index (χ4v) is 2.39. The van der Waals surface area contributed by atoms with Crippen LogP contribution in [0, 0.1) is 0 Å². The zero-order valence-electron chi connectivity index (χ0n) is 11.5. The van der Waals surface area contributed by atoms with Gasteiger partial charge < -0.3 is 5.32 Å². The molecule has 0 heterocycles. The van der Waals surface area contributed by atoms with E-state index in [9.17, 15) is 0 Å². The summed E-state index contributed by atoms with van der Waals surface area (Å²) in [4.78, 5) is 2.71. The molecule has 1 atom stereocenters. The maximum absolute atomic E-state index is 3.70. The highest BCUT2D eigenvalue weighted by Crippen LogP contribution is 2.27. The highest BCUT2D eigenvalue weighted by atomic mass is 15.2. The summed E-state index contributed by atoms with van der Waals surface area (Å²) in [5.74, 6) is 0. The lowest BCUT2D eigenvalue weighted by molar-refractivity contribution is 0.227. The second-order valence-corrected chi connectivity index (χ2v) is 5.17. The van der Waals surface area contributed by atoms with Crippen LogP contribution >= 0.6 is 0 Å². The van der Waals surface area contributed by atoms with Crippen LogP contribution in [-0.2, 0) is 0 Å². The smallest absolute Gasteiger partial charge is 0.0195 e. The topological polar surface area (TPSA) is 15.3 Å². The van der Waals surface area contributed by atoms with Crippen molar-refractivity contribution in [2.45, 2.75) is 71.4 Å². The van der Waals surface area contributed by atoms with Crippen molar-refractivity contribution in [2.24, 2.45) is 0 Å². The largest absolute Gasteiger partial charge is 0.313 e. The normalized spacial score (nSPS) is 18.0. The van der Waals surface area contributed by atoms with Gasteiger partial charge in [0.05, 0.1) is 0 Å². The van der Waals surface area contributed by atoms with Crippen molar-refractivity contribution in [3.63, 3.8) is 0 Å². The van der Waals surface area contributed by atoms with Crippen molar-refractivity contribution in [1.29, 1.82) is 0 Å². The van der Waals surface area contributed by atoms with Crippen LogP contribution in [0.1, 0.15) is 59.3 Å². The van der Waals surface area contributed by atoms with Crippen LogP contribution in [0.25, 0.3) is 0 Å². The lowest BCUT2D eigenvalue weighted by Gasteiger charge is -2.27. The molecule has 0 bridgehead atoms. The van der Waals surface area contributed by atoms with Crippen molar-refractivity contribution in [2.75, 3.05) is 19.6 Å². The van der Waals surface area contributed by atoms with E-state index in [0.29, 0.717) is 0 Å². The molecule has 1 aliphatic carbocycles. The maximum atomic E-state index is 3.70. The first-order valence-electron chi connectivity index (χ1n) is 7.29. The summed E-state index contributed by atoms with van der Waals surface area (Å²) in [6.45, 7) is 10.6. The zero-order valence-corrected chi connectivity index (χ0v) is 11.5. The number of hydrogen-bond donors (Lipinski definition) is 1. The van der Waals surface area contributed by atoms with E-state index in [0.717, 1.165) is 12.1 Å². The number of nitrogens with zero attached hydrogens (tertiary/aromatic N) is 1. The zero-order chi connectivity index (χ0) is 11.8. The Bertz CT molecular complexity index is 166. The average Bonchev–Trinajstić information content (AvgIpc) is 3.09. The van der Waals surface area contributed by atoms with E-state index in [4.69, 9.17) is 0 Å². The average molecular weight is 226 g/mol. The van der Waals surface area contributed by atoms with E-state index < -0.39 is 0 Å². The van der Waals surface area contributed by atoms with Crippen molar-refractivity contribution < 1.29 is 0 Å². The van der Waals surface area contributed by atoms with Gasteiger partial charge in [-0.05, 0) is 45.2 Å². The molecule has 1 rings (SSSR count). The van der Waals surface area contributed by atoms with Gasteiger partial charge in [0, 0.05) is 18.6 Å². The summed E-state index contributed by atoms with van der Waals surface area (Å²) in [5.41, 5.74) is 0. The molecule has 0 spiro atoms. The minimum absolute atomic E-state index is 0.720. The summed E-state index contributed by atoms with van der Waals surface area (Å²) in [6, 6.07) is 1.64. The van der Waals surface area contributed by atoms with Gasteiger partial charge in [0.25, 0.3) is 0 Å². The summed E-state index contributed by atoms with van der Waals surface area (Å²) in [6.07, 6.45) is 8.04. The molecule has 0 aliphatic heterocycles. The fraction of sp³-hybridized carbons (Fsp3) is 1.00. The Morgan fingerprint density at radius 2 is 1.88 bits per heavy atom. The van der Waals surface area contributed by atoms with Gasteiger partial charge in [-0.1, -0.05) is 27.2 Å². The molecule has 2 nitrogen and oxygen atoms in total. The van der Waals surface area contributed by atoms with Crippen molar-refractivity contribution >= 4 is 0 Å². The Hall–Kier alpha value is -0.0800. The number of rotatable bonds is 10. The quantitative estimate of drug-likeness (QED) is 0.616. The SMILES string of the molecule is CCCNC(CCC)CN(CCC)C1CC1. The van der Waals surface area contributed by atoms with Gasteiger partial charge in [0.1, 0.15) is 0 Å². The monoisotopic (exact) mass is 226 g/mol. The summed E-state index contributed by atoms with van der Waals surface area (Å²) in [7, 11) is 0. The van der Waals surface area contributed by atoms with Gasteiger partial charge in [-0.25, -0.2) is 0 Å². The van der Waals surface area contributed by atoms with Crippen molar-refractivity contribution in [1.82, 2.24) is 10.2 Å². The Morgan fingerprint density at radius 3 is 2.38 bits per heavy atom. The molecule has 1 saturated carbocycles. The maximum Gasteiger partial charge on any atom is 0.0195 e. The van der Waals surface area contributed by atoms with Gasteiger partial charge in [0.2, 0.25) is 0 Å². The van der Waals surface area contributed by atoms with Crippen LogP contribution in [0.4, 0.5) is 0 Å². The number of nitrogens with one attached hydrogen (secondary N) is 1. The molecule has 0 aromatic heterocycles. The molecule has 2 heteroatoms. The molecule has 0 saturated heterocycles. The molecule has 0 amide bonds. The first-order valence-corrected chi connectivity index (χ1v) is 7.29. The van der Waals surface area contributed by atoms with Gasteiger partial charge in [-0.2, -0.15) is 0 Å². The van der Waals surface area contributed by atoms with Gasteiger partial charge in [-0.15, -0.1) is 0 Å². The third-order valence-electron chi connectivity index (χ3n) is 3.35. The Labute approximate surface area is 102 Å². The predicted molar refractivity (Wildman–Crippen MR) is 71.9 cm³/mol. The minimum Gasteiger partial charge on any atom is -0.313 e. The third kappa shape index (κ3) is 5.31. The first-order chi connectivity index (χ1) is 7.81. The van der Waals surface area contributed by atoms with Crippen LogP contribution in [0.5, 0.6) is 0 Å². The van der Waals surface area contributed by atoms with E-state index in [-0.39, 0.29) is 0 Å². The molecule has 1 aliphatic rings. The molecule has 1 fully saturated rings. The van der Waals surface area contributed by atoms with Gasteiger partial charge in [-0.3, -0.25) is 4.90 Å². The second-order valence-electron chi connectivity index (χ2n) is 5.17. The molecule has 96 valence electrons. The van der Waals surface area contributed by atoms with E-state index >= 15 is 0 Å². The number of hydrogen-bond acceptors (Lipinski definition) is 2. The van der Waals surface area contributed by atoms with Crippen molar-refractivity contribution in [3.8, 4) is 0 Å². The Morgan fingerprint density at radius 1 is 1.12 bits per heavy atom. The van der Waals surface area contributed by atoms with Gasteiger partial charge >= 0.3 is 0 Å².